The highest BCUT2D eigenvalue weighted by molar-refractivity contribution is 5.35. The van der Waals surface area contributed by atoms with Gasteiger partial charge in [0.15, 0.2) is 0 Å². The minimum Gasteiger partial charge on any atom is -0.508 e. The Kier molecular flexibility index (Phi) is 8.37. The van der Waals surface area contributed by atoms with E-state index in [9.17, 15) is 15.3 Å². The minimum absolute atomic E-state index is 0.103. The lowest BCUT2D eigenvalue weighted by Crippen LogP contribution is -2.46. The molecule has 6 nitrogen and oxygen atoms in total. The van der Waals surface area contributed by atoms with Crippen molar-refractivity contribution in [3.63, 3.8) is 0 Å². The van der Waals surface area contributed by atoms with Gasteiger partial charge < -0.3 is 25.5 Å². The Bertz CT molecular complexity index is 431. The van der Waals surface area contributed by atoms with Gasteiger partial charge in [-0.05, 0) is 36.1 Å². The van der Waals surface area contributed by atoms with Crippen LogP contribution in [0.2, 0.25) is 0 Å². The van der Waals surface area contributed by atoms with Gasteiger partial charge in [0.2, 0.25) is 0 Å². The molecule has 0 aliphatic rings. The average Bonchev–Trinajstić information content (AvgIpc) is 2.53. The van der Waals surface area contributed by atoms with Crippen molar-refractivity contribution in [1.29, 1.82) is 0 Å². The van der Waals surface area contributed by atoms with E-state index in [1.165, 1.54) is 4.90 Å². The van der Waals surface area contributed by atoms with E-state index in [2.05, 4.69) is 6.92 Å². The Balaban J connectivity index is 2.93. The van der Waals surface area contributed by atoms with Crippen molar-refractivity contribution >= 4 is 0 Å². The number of aliphatic hydroxyl groups excluding tert-OH is 4. The summed E-state index contributed by atoms with van der Waals surface area (Å²) in [7, 11) is 0. The van der Waals surface area contributed by atoms with Crippen LogP contribution in [0.1, 0.15) is 37.3 Å². The fourth-order valence-electron chi connectivity index (χ4n) is 2.38. The van der Waals surface area contributed by atoms with Crippen molar-refractivity contribution in [3.8, 4) is 5.75 Å². The van der Waals surface area contributed by atoms with Gasteiger partial charge in [-0.25, -0.2) is 4.90 Å². The summed E-state index contributed by atoms with van der Waals surface area (Å²) in [5.41, 5.74) is 1.78. The van der Waals surface area contributed by atoms with Gasteiger partial charge >= 0.3 is 0 Å². The van der Waals surface area contributed by atoms with Crippen molar-refractivity contribution in [3.05, 3.63) is 29.3 Å². The normalized spacial score (nSPS) is 14.3. The first-order valence-corrected chi connectivity index (χ1v) is 7.67. The van der Waals surface area contributed by atoms with Gasteiger partial charge in [-0.2, -0.15) is 0 Å². The smallest absolute Gasteiger partial charge is 0.133 e. The van der Waals surface area contributed by atoms with Crippen molar-refractivity contribution in [2.75, 3.05) is 13.2 Å². The molecule has 0 saturated heterocycles. The van der Waals surface area contributed by atoms with Crippen molar-refractivity contribution in [2.24, 2.45) is 0 Å². The maximum absolute atomic E-state index is 9.80. The number of hydrogen-bond acceptors (Lipinski definition) is 6. The van der Waals surface area contributed by atoms with Crippen molar-refractivity contribution in [1.82, 2.24) is 4.90 Å². The molecule has 0 spiro atoms. The first-order chi connectivity index (χ1) is 10.5. The molecule has 5 N–H and O–H groups in total. The van der Waals surface area contributed by atoms with Gasteiger partial charge in [0.1, 0.15) is 18.2 Å². The molecule has 1 aromatic rings. The van der Waals surface area contributed by atoms with Crippen LogP contribution in [0.4, 0.5) is 0 Å². The lowest BCUT2D eigenvalue weighted by atomic mass is 10.00. The summed E-state index contributed by atoms with van der Waals surface area (Å²) in [6.45, 7) is 1.13. The van der Waals surface area contributed by atoms with E-state index in [-0.39, 0.29) is 12.3 Å². The molecule has 0 amide bonds. The molecule has 2 atom stereocenters. The van der Waals surface area contributed by atoms with E-state index < -0.39 is 25.7 Å². The third-order valence-corrected chi connectivity index (χ3v) is 3.68. The molecule has 0 saturated carbocycles. The van der Waals surface area contributed by atoms with Crippen LogP contribution in [0.25, 0.3) is 0 Å². The summed E-state index contributed by atoms with van der Waals surface area (Å²) in [6, 6.07) is 5.03. The Morgan fingerprint density at radius 3 is 2.18 bits per heavy atom. The number of hydrogen-bond donors (Lipinski definition) is 5. The summed E-state index contributed by atoms with van der Waals surface area (Å²) >= 11 is 0. The second-order valence-corrected chi connectivity index (χ2v) is 5.41. The van der Waals surface area contributed by atoms with E-state index in [0.717, 1.165) is 36.8 Å². The van der Waals surface area contributed by atoms with E-state index in [0.29, 0.717) is 0 Å². The third-order valence-electron chi connectivity index (χ3n) is 3.68. The van der Waals surface area contributed by atoms with Gasteiger partial charge in [-0.1, -0.05) is 25.8 Å². The maximum atomic E-state index is 9.80. The van der Waals surface area contributed by atoms with Crippen LogP contribution in [0.3, 0.4) is 0 Å². The summed E-state index contributed by atoms with van der Waals surface area (Å²) in [6.07, 6.45) is 1.48. The lowest BCUT2D eigenvalue weighted by Gasteiger charge is -2.31. The number of aliphatic hydroxyl groups is 4. The van der Waals surface area contributed by atoms with Crippen LogP contribution in [0.15, 0.2) is 18.2 Å². The van der Waals surface area contributed by atoms with Crippen LogP contribution in [0.5, 0.6) is 5.75 Å². The van der Waals surface area contributed by atoms with Crippen molar-refractivity contribution < 1.29 is 25.5 Å². The predicted octanol–water partition coefficient (Wildman–Crippen LogP) is 0.548. The Morgan fingerprint density at radius 2 is 1.64 bits per heavy atom. The second kappa shape index (κ2) is 9.76. The van der Waals surface area contributed by atoms with Gasteiger partial charge in [0, 0.05) is 6.54 Å². The number of phenolic OH excluding ortho intramolecular Hbond substituents is 1. The van der Waals surface area contributed by atoms with Crippen LogP contribution in [0, 0.1) is 0 Å². The molecule has 22 heavy (non-hydrogen) atoms. The summed E-state index contributed by atoms with van der Waals surface area (Å²) < 4.78 is 0. The Labute approximate surface area is 131 Å². The van der Waals surface area contributed by atoms with Gasteiger partial charge in [0.25, 0.3) is 0 Å². The van der Waals surface area contributed by atoms with Gasteiger partial charge in [-0.3, -0.25) is 0 Å². The quantitative estimate of drug-likeness (QED) is 0.319. The predicted molar refractivity (Wildman–Crippen MR) is 83.1 cm³/mol. The Morgan fingerprint density at radius 1 is 1.00 bits per heavy atom. The standard InChI is InChI=1S/C16H27NO5/c1-2-3-4-5-12-6-7-14(20)8-13(12)9-17(15(21)10-18)16(22)11-19/h6-8,15-16,18-22H,2-5,9-11H2,1H3. The average molecular weight is 313 g/mol. The summed E-state index contributed by atoms with van der Waals surface area (Å²) in [4.78, 5) is 1.19. The molecule has 0 bridgehead atoms. The first kappa shape index (κ1) is 18.9. The summed E-state index contributed by atoms with van der Waals surface area (Å²) in [5.74, 6) is 0.103. The number of benzene rings is 1. The zero-order valence-electron chi connectivity index (χ0n) is 13.0. The van der Waals surface area contributed by atoms with E-state index in [1.807, 2.05) is 6.07 Å². The SMILES string of the molecule is CCCCCc1ccc(O)cc1CN(C(O)CO)C(O)CO. The third kappa shape index (κ3) is 5.55. The maximum Gasteiger partial charge on any atom is 0.133 e. The molecule has 0 heterocycles. The van der Waals surface area contributed by atoms with E-state index >= 15 is 0 Å². The summed E-state index contributed by atoms with van der Waals surface area (Å²) in [5, 5.41) is 47.4. The molecule has 0 aliphatic heterocycles. The van der Waals surface area contributed by atoms with Gasteiger partial charge in [0.05, 0.1) is 13.2 Å². The second-order valence-electron chi connectivity index (χ2n) is 5.41. The topological polar surface area (TPSA) is 104 Å². The van der Waals surface area contributed by atoms with E-state index in [1.54, 1.807) is 12.1 Å². The number of nitrogens with zero attached hydrogens (tertiary/aromatic N) is 1. The number of aryl methyl sites for hydroxylation is 1. The van der Waals surface area contributed by atoms with Crippen LogP contribution in [-0.4, -0.2) is 56.1 Å². The highest BCUT2D eigenvalue weighted by Gasteiger charge is 2.23. The number of rotatable bonds is 10. The highest BCUT2D eigenvalue weighted by atomic mass is 16.4. The number of phenols is 1. The largest absolute Gasteiger partial charge is 0.508 e. The molecule has 0 aromatic heterocycles. The molecule has 6 heteroatoms. The van der Waals surface area contributed by atoms with Crippen LogP contribution in [-0.2, 0) is 13.0 Å². The minimum atomic E-state index is -1.28. The molecular weight excluding hydrogens is 286 g/mol. The zero-order chi connectivity index (χ0) is 16.5. The number of aromatic hydroxyl groups is 1. The van der Waals surface area contributed by atoms with Crippen molar-refractivity contribution in [2.45, 2.75) is 51.6 Å². The molecule has 0 fully saturated rings. The molecule has 1 aromatic carbocycles. The van der Waals surface area contributed by atoms with Crippen LogP contribution < -0.4 is 0 Å². The Hall–Kier alpha value is -1.18. The highest BCUT2D eigenvalue weighted by Crippen LogP contribution is 2.22. The fourth-order valence-corrected chi connectivity index (χ4v) is 2.38. The molecule has 2 unspecified atom stereocenters. The van der Waals surface area contributed by atoms with E-state index in [4.69, 9.17) is 10.2 Å². The molecule has 0 radical (unpaired) electrons. The molecule has 0 aliphatic carbocycles. The zero-order valence-corrected chi connectivity index (χ0v) is 13.0. The fraction of sp³-hybridized carbons (Fsp3) is 0.625. The molecule has 1 rings (SSSR count). The lowest BCUT2D eigenvalue weighted by molar-refractivity contribution is -0.138. The monoisotopic (exact) mass is 313 g/mol. The number of unbranched alkanes of at least 4 members (excludes halogenated alkanes) is 2. The molecule has 126 valence electrons. The van der Waals surface area contributed by atoms with Crippen LogP contribution >= 0.6 is 0 Å². The van der Waals surface area contributed by atoms with Gasteiger partial charge in [-0.15, -0.1) is 0 Å². The molecular formula is C16H27NO5. The first-order valence-electron chi connectivity index (χ1n) is 7.67.